The van der Waals surface area contributed by atoms with Crippen LogP contribution in [-0.4, -0.2) is 45.0 Å². The molecule has 2 unspecified atom stereocenters. The van der Waals surface area contributed by atoms with Gasteiger partial charge in [-0.25, -0.2) is 0 Å². The lowest BCUT2D eigenvalue weighted by atomic mass is 10.1. The van der Waals surface area contributed by atoms with Crippen LogP contribution in [0.15, 0.2) is 0 Å². The van der Waals surface area contributed by atoms with Crippen molar-refractivity contribution in [2.24, 2.45) is 5.92 Å². The van der Waals surface area contributed by atoms with Gasteiger partial charge >= 0.3 is 0 Å². The Morgan fingerprint density at radius 3 is 1.81 bits per heavy atom. The molecule has 0 nitrogen and oxygen atoms in total. The molecule has 2 aliphatic heterocycles. The Morgan fingerprint density at radius 2 is 1.44 bits per heavy atom. The molecule has 0 bridgehead atoms. The first-order chi connectivity index (χ1) is 7.84. The third-order valence-electron chi connectivity index (χ3n) is 2.92. The summed E-state index contributed by atoms with van der Waals surface area (Å²) < 4.78 is 0. The van der Waals surface area contributed by atoms with Gasteiger partial charge in [-0.2, -0.15) is 47.0 Å². The Morgan fingerprint density at radius 1 is 1.00 bits per heavy atom. The highest BCUT2D eigenvalue weighted by Gasteiger charge is 2.22. The summed E-state index contributed by atoms with van der Waals surface area (Å²) in [5.74, 6) is 9.40. The van der Waals surface area contributed by atoms with Gasteiger partial charge in [0, 0.05) is 33.5 Å². The monoisotopic (exact) mass is 294 g/mol. The smallest absolute Gasteiger partial charge is 0.0229 e. The van der Waals surface area contributed by atoms with Crippen molar-refractivity contribution in [1.29, 1.82) is 0 Å². The molecule has 0 aliphatic carbocycles. The van der Waals surface area contributed by atoms with Crippen molar-refractivity contribution in [1.82, 2.24) is 0 Å². The van der Waals surface area contributed by atoms with E-state index >= 15 is 0 Å². The maximum absolute atomic E-state index is 2.43. The molecule has 0 radical (unpaired) electrons. The van der Waals surface area contributed by atoms with Crippen molar-refractivity contribution in [3.63, 3.8) is 0 Å². The van der Waals surface area contributed by atoms with Gasteiger partial charge < -0.3 is 0 Å². The zero-order valence-corrected chi connectivity index (χ0v) is 13.3. The van der Waals surface area contributed by atoms with Crippen LogP contribution in [0.5, 0.6) is 0 Å². The number of rotatable bonds is 10. The normalized spacial score (nSPS) is 29.1. The van der Waals surface area contributed by atoms with Crippen LogP contribution in [-0.2, 0) is 0 Å². The van der Waals surface area contributed by atoms with Crippen LogP contribution in [0.25, 0.3) is 0 Å². The van der Waals surface area contributed by atoms with Crippen molar-refractivity contribution in [2.45, 2.75) is 30.3 Å². The zero-order chi connectivity index (χ0) is 11.2. The van der Waals surface area contributed by atoms with Crippen LogP contribution in [0.1, 0.15) is 19.8 Å². The predicted octanol–water partition coefficient (Wildman–Crippen LogP) is 4.10. The summed E-state index contributed by atoms with van der Waals surface area (Å²) in [5.41, 5.74) is 0. The van der Waals surface area contributed by atoms with Crippen molar-refractivity contribution < 1.29 is 0 Å². The number of thioether (sulfide) groups is 4. The number of hydrogen-bond acceptors (Lipinski definition) is 4. The lowest BCUT2D eigenvalue weighted by molar-refractivity contribution is 0.553. The lowest BCUT2D eigenvalue weighted by Gasteiger charge is -2.10. The molecule has 2 atom stereocenters. The Bertz CT molecular complexity index is 169. The topological polar surface area (TPSA) is 0 Å². The second-order valence-electron chi connectivity index (χ2n) is 4.74. The van der Waals surface area contributed by atoms with Crippen LogP contribution in [0, 0.1) is 5.92 Å². The first kappa shape index (κ1) is 13.8. The lowest BCUT2D eigenvalue weighted by Crippen LogP contribution is -2.01. The van der Waals surface area contributed by atoms with Gasteiger partial charge in [-0.05, 0) is 30.3 Å². The molecule has 4 heteroatoms. The van der Waals surface area contributed by atoms with E-state index in [1.807, 2.05) is 0 Å². The van der Waals surface area contributed by atoms with Gasteiger partial charge in [-0.15, -0.1) is 0 Å². The van der Waals surface area contributed by atoms with Gasteiger partial charge in [-0.1, -0.05) is 6.92 Å². The van der Waals surface area contributed by atoms with E-state index in [-0.39, 0.29) is 0 Å². The highest BCUT2D eigenvalue weighted by molar-refractivity contribution is 8.09. The van der Waals surface area contributed by atoms with E-state index in [0.717, 1.165) is 16.4 Å². The van der Waals surface area contributed by atoms with Gasteiger partial charge in [0.1, 0.15) is 0 Å². The third kappa shape index (κ3) is 6.97. The summed E-state index contributed by atoms with van der Waals surface area (Å²) >= 11 is 8.60. The first-order valence-electron chi connectivity index (χ1n) is 6.23. The molecular weight excluding hydrogens is 272 g/mol. The van der Waals surface area contributed by atoms with Gasteiger partial charge in [0.15, 0.2) is 0 Å². The van der Waals surface area contributed by atoms with Crippen molar-refractivity contribution in [3.05, 3.63) is 0 Å². The summed E-state index contributed by atoms with van der Waals surface area (Å²) in [6.07, 6.45) is 2.86. The second kappa shape index (κ2) is 7.75. The fourth-order valence-electron chi connectivity index (χ4n) is 1.47. The largest absolute Gasteiger partial charge is 0.161 e. The van der Waals surface area contributed by atoms with Crippen LogP contribution in [0.3, 0.4) is 0 Å². The molecule has 2 fully saturated rings. The molecule has 94 valence electrons. The van der Waals surface area contributed by atoms with E-state index in [9.17, 15) is 0 Å². The summed E-state index contributed by atoms with van der Waals surface area (Å²) in [6.45, 7) is 2.43. The minimum Gasteiger partial charge on any atom is -0.161 e. The summed E-state index contributed by atoms with van der Waals surface area (Å²) in [7, 11) is 0. The molecule has 16 heavy (non-hydrogen) atoms. The molecular formula is C12H22S4. The Kier molecular flexibility index (Phi) is 6.70. The summed E-state index contributed by atoms with van der Waals surface area (Å²) in [5, 5.41) is 2.04. The fourth-order valence-corrected chi connectivity index (χ4v) is 5.86. The van der Waals surface area contributed by atoms with E-state index in [1.165, 1.54) is 47.4 Å². The van der Waals surface area contributed by atoms with Crippen molar-refractivity contribution in [2.75, 3.05) is 34.5 Å². The summed E-state index contributed by atoms with van der Waals surface area (Å²) in [6, 6.07) is 0. The third-order valence-corrected chi connectivity index (χ3v) is 7.61. The average Bonchev–Trinajstić information content (AvgIpc) is 3.14. The summed E-state index contributed by atoms with van der Waals surface area (Å²) in [4.78, 5) is 0. The molecule has 0 aromatic carbocycles. The van der Waals surface area contributed by atoms with E-state index in [1.54, 1.807) is 0 Å². The highest BCUT2D eigenvalue weighted by Crippen LogP contribution is 2.34. The van der Waals surface area contributed by atoms with E-state index in [4.69, 9.17) is 0 Å². The van der Waals surface area contributed by atoms with Crippen LogP contribution >= 0.6 is 47.0 Å². The molecule has 0 N–H and O–H groups in total. The minimum atomic E-state index is 0.943. The predicted molar refractivity (Wildman–Crippen MR) is 85.5 cm³/mol. The first-order valence-corrected chi connectivity index (χ1v) is 10.6. The molecule has 2 rings (SSSR count). The SMILES string of the molecule is CC(CCSCC1CS1)CCSCC1CS1. The zero-order valence-electron chi connectivity index (χ0n) is 10.0. The Labute approximate surface area is 117 Å². The molecule has 0 saturated carbocycles. The molecule has 0 spiro atoms. The number of hydrogen-bond donors (Lipinski definition) is 0. The maximum Gasteiger partial charge on any atom is 0.0229 e. The average molecular weight is 295 g/mol. The van der Waals surface area contributed by atoms with Crippen LogP contribution in [0.4, 0.5) is 0 Å². The molecule has 0 aromatic heterocycles. The Balaban J connectivity index is 1.33. The van der Waals surface area contributed by atoms with E-state index in [0.29, 0.717) is 0 Å². The van der Waals surface area contributed by atoms with Crippen molar-refractivity contribution in [3.8, 4) is 0 Å². The standard InChI is InChI=1S/C12H22S4/c1-10(2-4-13-6-11-8-15-11)3-5-14-7-12-9-16-12/h10-12H,2-9H2,1H3. The molecule has 0 amide bonds. The molecule has 2 aliphatic rings. The Hall–Kier alpha value is 1.40. The van der Waals surface area contributed by atoms with Gasteiger partial charge in [0.2, 0.25) is 0 Å². The van der Waals surface area contributed by atoms with Gasteiger partial charge in [0.25, 0.3) is 0 Å². The fraction of sp³-hybridized carbons (Fsp3) is 1.00. The quantitative estimate of drug-likeness (QED) is 0.439. The second-order valence-corrected chi connectivity index (χ2v) is 9.71. The van der Waals surface area contributed by atoms with Gasteiger partial charge in [-0.3, -0.25) is 0 Å². The highest BCUT2D eigenvalue weighted by atomic mass is 32.2. The van der Waals surface area contributed by atoms with Crippen LogP contribution < -0.4 is 0 Å². The van der Waals surface area contributed by atoms with Crippen LogP contribution in [0.2, 0.25) is 0 Å². The minimum absolute atomic E-state index is 0.943. The molecule has 2 heterocycles. The molecule has 2 saturated heterocycles. The maximum atomic E-state index is 2.43. The van der Waals surface area contributed by atoms with E-state index in [2.05, 4.69) is 54.0 Å². The van der Waals surface area contributed by atoms with Gasteiger partial charge in [0.05, 0.1) is 0 Å². The molecule has 0 aromatic rings. The van der Waals surface area contributed by atoms with E-state index < -0.39 is 0 Å². The van der Waals surface area contributed by atoms with Crippen molar-refractivity contribution >= 4 is 47.0 Å².